The van der Waals surface area contributed by atoms with E-state index in [1.807, 2.05) is 26.8 Å². The summed E-state index contributed by atoms with van der Waals surface area (Å²) >= 11 is 1.23. The molecule has 0 fully saturated rings. The molecule has 1 aromatic carbocycles. The number of nitro benzene ring substituents is 1. The van der Waals surface area contributed by atoms with Gasteiger partial charge in [0.2, 0.25) is 5.91 Å². The molecule has 0 aliphatic carbocycles. The van der Waals surface area contributed by atoms with E-state index in [1.54, 1.807) is 12.1 Å². The van der Waals surface area contributed by atoms with Crippen LogP contribution < -0.4 is 5.32 Å². The normalized spacial score (nSPS) is 10.5. The fourth-order valence-corrected chi connectivity index (χ4v) is 2.95. The van der Waals surface area contributed by atoms with Crippen LogP contribution in [0.25, 0.3) is 0 Å². The molecule has 126 valence electrons. The Morgan fingerprint density at radius 2 is 1.92 bits per heavy atom. The third kappa shape index (κ3) is 4.76. The highest BCUT2D eigenvalue weighted by Crippen LogP contribution is 2.24. The summed E-state index contributed by atoms with van der Waals surface area (Å²) in [4.78, 5) is 31.2. The first-order chi connectivity index (χ1) is 11.4. The van der Waals surface area contributed by atoms with Crippen LogP contribution in [0.4, 0.5) is 11.4 Å². The van der Waals surface area contributed by atoms with Crippen molar-refractivity contribution < 1.29 is 9.72 Å². The molecule has 0 radical (unpaired) electrons. The first kappa shape index (κ1) is 17.9. The van der Waals surface area contributed by atoms with Crippen LogP contribution in [0.2, 0.25) is 0 Å². The number of aryl methyl sites for hydroxylation is 3. The molecule has 7 nitrogen and oxygen atoms in total. The zero-order chi connectivity index (χ0) is 17.7. The van der Waals surface area contributed by atoms with Crippen molar-refractivity contribution in [1.82, 2.24) is 9.97 Å². The summed E-state index contributed by atoms with van der Waals surface area (Å²) in [5.74, 6) is -0.132. The van der Waals surface area contributed by atoms with Gasteiger partial charge < -0.3 is 5.32 Å². The molecule has 8 heteroatoms. The van der Waals surface area contributed by atoms with Gasteiger partial charge in [-0.15, -0.1) is 0 Å². The van der Waals surface area contributed by atoms with Gasteiger partial charge in [0.15, 0.2) is 5.16 Å². The summed E-state index contributed by atoms with van der Waals surface area (Å²) < 4.78 is 0. The third-order valence-corrected chi connectivity index (χ3v) is 4.09. The maximum absolute atomic E-state index is 12.0. The first-order valence-electron chi connectivity index (χ1n) is 7.41. The van der Waals surface area contributed by atoms with Gasteiger partial charge in [-0.1, -0.05) is 24.8 Å². The van der Waals surface area contributed by atoms with Crippen molar-refractivity contribution in [3.63, 3.8) is 0 Å². The number of anilines is 1. The molecule has 1 aromatic heterocycles. The molecule has 0 aliphatic rings. The van der Waals surface area contributed by atoms with Crippen molar-refractivity contribution in [2.24, 2.45) is 0 Å². The van der Waals surface area contributed by atoms with Crippen molar-refractivity contribution in [1.29, 1.82) is 0 Å². The Hall–Kier alpha value is -2.48. The Labute approximate surface area is 144 Å². The fourth-order valence-electron chi connectivity index (χ4n) is 2.20. The molecular weight excluding hydrogens is 328 g/mol. The summed E-state index contributed by atoms with van der Waals surface area (Å²) in [6.45, 7) is 5.58. The number of thioether (sulfide) groups is 1. The molecule has 0 atom stereocenters. The van der Waals surface area contributed by atoms with Crippen molar-refractivity contribution >= 4 is 29.0 Å². The molecule has 0 unspecified atom stereocenters. The second-order valence-electron chi connectivity index (χ2n) is 5.22. The number of hydrogen-bond acceptors (Lipinski definition) is 6. The lowest BCUT2D eigenvalue weighted by Crippen LogP contribution is -2.14. The number of hydrogen-bond donors (Lipinski definition) is 1. The summed E-state index contributed by atoms with van der Waals surface area (Å²) in [5.41, 5.74) is 2.75. The SMILES string of the molecule is CCc1ccc(NC(=O)CSc2nc(C)cc(C)n2)cc1[N+](=O)[O-]. The summed E-state index contributed by atoms with van der Waals surface area (Å²) in [6, 6.07) is 6.57. The van der Waals surface area contributed by atoms with E-state index in [0.29, 0.717) is 22.8 Å². The Kier molecular flexibility index (Phi) is 5.86. The number of nitro groups is 1. The van der Waals surface area contributed by atoms with Gasteiger partial charge in [0.1, 0.15) is 0 Å². The number of nitrogens with one attached hydrogen (secondary N) is 1. The highest BCUT2D eigenvalue weighted by molar-refractivity contribution is 7.99. The molecule has 1 heterocycles. The van der Waals surface area contributed by atoms with Crippen molar-refractivity contribution in [3.8, 4) is 0 Å². The van der Waals surface area contributed by atoms with E-state index in [2.05, 4.69) is 15.3 Å². The van der Waals surface area contributed by atoms with E-state index in [1.165, 1.54) is 17.8 Å². The predicted octanol–water partition coefficient (Wildman–Crippen LogP) is 3.29. The second kappa shape index (κ2) is 7.87. The molecule has 0 aliphatic heterocycles. The van der Waals surface area contributed by atoms with Gasteiger partial charge >= 0.3 is 0 Å². The summed E-state index contributed by atoms with van der Waals surface area (Å²) in [5, 5.41) is 14.3. The zero-order valence-corrected chi connectivity index (χ0v) is 14.5. The molecule has 0 saturated heterocycles. The number of amides is 1. The Bertz CT molecular complexity index is 760. The number of benzene rings is 1. The molecule has 1 amide bonds. The summed E-state index contributed by atoms with van der Waals surface area (Å²) in [7, 11) is 0. The molecule has 0 spiro atoms. The minimum atomic E-state index is -0.438. The van der Waals surface area contributed by atoms with E-state index in [4.69, 9.17) is 0 Å². The van der Waals surface area contributed by atoms with E-state index < -0.39 is 4.92 Å². The van der Waals surface area contributed by atoms with Crippen molar-refractivity contribution in [2.75, 3.05) is 11.1 Å². The number of rotatable bonds is 6. The number of carbonyl (C=O) groups excluding carboxylic acids is 1. The minimum absolute atomic E-state index is 0.0144. The standard InChI is InChI=1S/C16H18N4O3S/c1-4-12-5-6-13(8-14(12)20(22)23)19-15(21)9-24-16-17-10(2)7-11(3)18-16/h5-8H,4,9H2,1-3H3,(H,19,21). The van der Waals surface area contributed by atoms with Crippen LogP contribution in [-0.2, 0) is 11.2 Å². The minimum Gasteiger partial charge on any atom is -0.325 e. The van der Waals surface area contributed by atoms with Gasteiger partial charge in [0, 0.05) is 28.7 Å². The van der Waals surface area contributed by atoms with Gasteiger partial charge in [-0.2, -0.15) is 0 Å². The average molecular weight is 346 g/mol. The number of carbonyl (C=O) groups is 1. The average Bonchev–Trinajstić information content (AvgIpc) is 2.52. The van der Waals surface area contributed by atoms with Crippen LogP contribution in [0, 0.1) is 24.0 Å². The molecular formula is C16H18N4O3S. The Morgan fingerprint density at radius 3 is 2.50 bits per heavy atom. The second-order valence-corrected chi connectivity index (χ2v) is 6.17. The van der Waals surface area contributed by atoms with Crippen LogP contribution >= 0.6 is 11.8 Å². The van der Waals surface area contributed by atoms with Crippen LogP contribution in [0.3, 0.4) is 0 Å². The van der Waals surface area contributed by atoms with Crippen molar-refractivity contribution in [3.05, 3.63) is 51.3 Å². The topological polar surface area (TPSA) is 98.0 Å². The maximum Gasteiger partial charge on any atom is 0.274 e. The lowest BCUT2D eigenvalue weighted by molar-refractivity contribution is -0.385. The maximum atomic E-state index is 12.0. The lowest BCUT2D eigenvalue weighted by atomic mass is 10.1. The zero-order valence-electron chi connectivity index (χ0n) is 13.7. The lowest BCUT2D eigenvalue weighted by Gasteiger charge is -2.07. The monoisotopic (exact) mass is 346 g/mol. The smallest absolute Gasteiger partial charge is 0.274 e. The largest absolute Gasteiger partial charge is 0.325 e. The number of nitrogens with zero attached hydrogens (tertiary/aromatic N) is 3. The van der Waals surface area contributed by atoms with Crippen LogP contribution in [-0.4, -0.2) is 26.6 Å². The van der Waals surface area contributed by atoms with Crippen LogP contribution in [0.1, 0.15) is 23.9 Å². The first-order valence-corrected chi connectivity index (χ1v) is 8.40. The molecule has 2 aromatic rings. The van der Waals surface area contributed by atoms with Gasteiger partial charge in [0.25, 0.3) is 5.69 Å². The Balaban J connectivity index is 2.02. The molecule has 0 saturated carbocycles. The van der Waals surface area contributed by atoms with E-state index >= 15 is 0 Å². The molecule has 0 bridgehead atoms. The van der Waals surface area contributed by atoms with Crippen LogP contribution in [0.15, 0.2) is 29.4 Å². The molecule has 24 heavy (non-hydrogen) atoms. The van der Waals surface area contributed by atoms with Gasteiger partial charge in [-0.05, 0) is 32.4 Å². The van der Waals surface area contributed by atoms with Crippen molar-refractivity contribution in [2.45, 2.75) is 32.3 Å². The van der Waals surface area contributed by atoms with Gasteiger partial charge in [0.05, 0.1) is 10.7 Å². The summed E-state index contributed by atoms with van der Waals surface area (Å²) in [6.07, 6.45) is 0.560. The van der Waals surface area contributed by atoms with Gasteiger partial charge in [-0.3, -0.25) is 14.9 Å². The third-order valence-electron chi connectivity index (χ3n) is 3.24. The van der Waals surface area contributed by atoms with E-state index in [9.17, 15) is 14.9 Å². The van der Waals surface area contributed by atoms with E-state index in [0.717, 1.165) is 11.4 Å². The highest BCUT2D eigenvalue weighted by atomic mass is 32.2. The van der Waals surface area contributed by atoms with E-state index in [-0.39, 0.29) is 17.3 Å². The van der Waals surface area contributed by atoms with Gasteiger partial charge in [-0.25, -0.2) is 9.97 Å². The fraction of sp³-hybridized carbons (Fsp3) is 0.312. The quantitative estimate of drug-likeness (QED) is 0.373. The predicted molar refractivity (Wildman–Crippen MR) is 93.3 cm³/mol. The molecule has 2 rings (SSSR count). The molecule has 1 N–H and O–H groups in total. The van der Waals surface area contributed by atoms with Crippen LogP contribution in [0.5, 0.6) is 0 Å². The number of aromatic nitrogens is 2. The Morgan fingerprint density at radius 1 is 1.25 bits per heavy atom. The highest BCUT2D eigenvalue weighted by Gasteiger charge is 2.14.